The van der Waals surface area contributed by atoms with Crippen LogP contribution in [0.25, 0.3) is 0 Å². The van der Waals surface area contributed by atoms with Gasteiger partial charge in [-0.3, -0.25) is 14.5 Å². The highest BCUT2D eigenvalue weighted by Crippen LogP contribution is 2.41. The van der Waals surface area contributed by atoms with Gasteiger partial charge in [0.05, 0.1) is 6.54 Å². The fourth-order valence-corrected chi connectivity index (χ4v) is 7.22. The number of carbonyl (C=O) groups excluding carboxylic acids is 3. The van der Waals surface area contributed by atoms with Crippen molar-refractivity contribution in [3.8, 4) is 0 Å². The van der Waals surface area contributed by atoms with Gasteiger partial charge in [0.25, 0.3) is 5.91 Å². The summed E-state index contributed by atoms with van der Waals surface area (Å²) in [4.78, 5) is 42.7. The van der Waals surface area contributed by atoms with Gasteiger partial charge in [0.2, 0.25) is 0 Å². The molecule has 34 heavy (non-hydrogen) atoms. The molecule has 2 aliphatic heterocycles. The molecule has 0 aromatic carbocycles. The van der Waals surface area contributed by atoms with Crippen LogP contribution in [0.1, 0.15) is 116 Å². The van der Waals surface area contributed by atoms with Crippen molar-refractivity contribution in [1.82, 2.24) is 15.1 Å². The topological polar surface area (TPSA) is 69.7 Å². The zero-order valence-electron chi connectivity index (χ0n) is 21.7. The first-order valence-electron chi connectivity index (χ1n) is 14.2. The van der Waals surface area contributed by atoms with Crippen LogP contribution in [0.15, 0.2) is 0 Å². The van der Waals surface area contributed by atoms with Crippen LogP contribution < -0.4 is 5.32 Å². The van der Waals surface area contributed by atoms with Crippen LogP contribution in [0.5, 0.6) is 0 Å². The molecule has 4 aliphatic rings. The highest BCUT2D eigenvalue weighted by molar-refractivity contribution is 6.09. The molecule has 0 aromatic heterocycles. The van der Waals surface area contributed by atoms with E-state index in [1.54, 1.807) is 11.9 Å². The minimum Gasteiger partial charge on any atom is -0.313 e. The maximum absolute atomic E-state index is 13.5. The first kappa shape index (κ1) is 25.7. The number of hydrogen-bond donors (Lipinski definition) is 1. The van der Waals surface area contributed by atoms with E-state index in [1.165, 1.54) is 75.5 Å². The van der Waals surface area contributed by atoms with E-state index in [0.717, 1.165) is 38.5 Å². The summed E-state index contributed by atoms with van der Waals surface area (Å²) in [6, 6.07) is -0.296. The number of nitrogens with zero attached hydrogens (tertiary/aromatic N) is 2. The third kappa shape index (κ3) is 5.22. The molecule has 1 spiro atoms. The Kier molecular flexibility index (Phi) is 8.37. The first-order chi connectivity index (χ1) is 16.4. The third-order valence-electron chi connectivity index (χ3n) is 9.82. The number of likely N-dealkylation sites (N-methyl/N-ethyl adjacent to an activating group) is 1. The number of ketones is 1. The number of urea groups is 1. The van der Waals surface area contributed by atoms with E-state index in [4.69, 9.17) is 0 Å². The lowest BCUT2D eigenvalue weighted by Crippen LogP contribution is -2.54. The normalized spacial score (nSPS) is 32.1. The fraction of sp³-hybridized carbons (Fsp3) is 0.893. The Morgan fingerprint density at radius 1 is 0.853 bits per heavy atom. The number of rotatable bonds is 4. The fourth-order valence-electron chi connectivity index (χ4n) is 7.22. The van der Waals surface area contributed by atoms with Gasteiger partial charge in [0, 0.05) is 25.0 Å². The molecule has 6 heteroatoms. The minimum atomic E-state index is -0.804. The molecule has 2 saturated carbocycles. The molecule has 2 aliphatic carbocycles. The van der Waals surface area contributed by atoms with E-state index < -0.39 is 5.54 Å². The summed E-state index contributed by atoms with van der Waals surface area (Å²) in [6.07, 6.45) is 20.4. The van der Waals surface area contributed by atoms with Crippen molar-refractivity contribution in [2.75, 3.05) is 20.1 Å². The predicted molar refractivity (Wildman–Crippen MR) is 134 cm³/mol. The molecule has 1 N–H and O–H groups in total. The first-order valence-corrected chi connectivity index (χ1v) is 14.2. The highest BCUT2D eigenvalue weighted by Gasteiger charge is 2.57. The van der Waals surface area contributed by atoms with E-state index >= 15 is 0 Å². The zero-order valence-corrected chi connectivity index (χ0v) is 21.7. The predicted octanol–water partition coefficient (Wildman–Crippen LogP) is 5.44. The highest BCUT2D eigenvalue weighted by atomic mass is 16.2. The molecule has 6 nitrogen and oxygen atoms in total. The summed E-state index contributed by atoms with van der Waals surface area (Å²) in [5.74, 6) is -0.0297. The van der Waals surface area contributed by atoms with Gasteiger partial charge in [-0.25, -0.2) is 4.79 Å². The van der Waals surface area contributed by atoms with E-state index in [2.05, 4.69) is 5.32 Å². The molecular weight excluding hydrogens is 426 g/mol. The second-order valence-electron chi connectivity index (χ2n) is 11.9. The summed E-state index contributed by atoms with van der Waals surface area (Å²) in [7, 11) is 1.74. The monoisotopic (exact) mass is 473 g/mol. The molecule has 3 amide bonds. The zero-order chi connectivity index (χ0) is 24.2. The Morgan fingerprint density at radius 3 is 1.97 bits per heavy atom. The van der Waals surface area contributed by atoms with Crippen molar-refractivity contribution in [1.29, 1.82) is 0 Å². The van der Waals surface area contributed by atoms with Crippen molar-refractivity contribution in [2.24, 2.45) is 11.8 Å². The van der Waals surface area contributed by atoms with E-state index in [0.29, 0.717) is 6.54 Å². The van der Waals surface area contributed by atoms with Crippen molar-refractivity contribution < 1.29 is 14.4 Å². The second-order valence-corrected chi connectivity index (χ2v) is 11.9. The standard InChI is InChI=1S/C28H47N3O3/c1-27(23-14-10-9-11-15-23)25(33)31(26(34)30(27)2)21-24(32)22-16-19-28(29-20-22)17-12-7-5-3-4-6-8-13-18-28/h22-23,29H,3-21H2,1-2H3. The molecule has 0 bridgehead atoms. The largest absolute Gasteiger partial charge is 0.327 e. The lowest BCUT2D eigenvalue weighted by molar-refractivity contribution is -0.138. The molecule has 2 unspecified atom stereocenters. The van der Waals surface area contributed by atoms with Crippen LogP contribution >= 0.6 is 0 Å². The smallest absolute Gasteiger partial charge is 0.313 e. The van der Waals surface area contributed by atoms with Crippen LogP contribution in [0, 0.1) is 11.8 Å². The summed E-state index contributed by atoms with van der Waals surface area (Å²) in [5.41, 5.74) is -0.623. The van der Waals surface area contributed by atoms with E-state index in [1.807, 2.05) is 6.92 Å². The van der Waals surface area contributed by atoms with Gasteiger partial charge in [0.1, 0.15) is 5.54 Å². The summed E-state index contributed by atoms with van der Waals surface area (Å²) in [6.45, 7) is 2.54. The number of nitrogens with one attached hydrogen (secondary N) is 1. The lowest BCUT2D eigenvalue weighted by Gasteiger charge is -2.42. The van der Waals surface area contributed by atoms with Crippen LogP contribution in [-0.4, -0.2) is 58.7 Å². The summed E-state index contributed by atoms with van der Waals surface area (Å²) >= 11 is 0. The molecule has 4 rings (SSSR count). The van der Waals surface area contributed by atoms with Crippen LogP contribution in [-0.2, 0) is 9.59 Å². The lowest BCUT2D eigenvalue weighted by atomic mass is 9.75. The van der Waals surface area contributed by atoms with Crippen molar-refractivity contribution >= 4 is 17.7 Å². The molecule has 4 fully saturated rings. The van der Waals surface area contributed by atoms with Crippen LogP contribution in [0.3, 0.4) is 0 Å². The maximum Gasteiger partial charge on any atom is 0.327 e. The molecule has 2 atom stereocenters. The van der Waals surface area contributed by atoms with Crippen molar-refractivity contribution in [3.63, 3.8) is 0 Å². The van der Waals surface area contributed by atoms with Gasteiger partial charge in [-0.05, 0) is 51.4 Å². The average molecular weight is 474 g/mol. The van der Waals surface area contributed by atoms with Crippen molar-refractivity contribution in [2.45, 2.75) is 127 Å². The van der Waals surface area contributed by atoms with Gasteiger partial charge >= 0.3 is 6.03 Å². The summed E-state index contributed by atoms with van der Waals surface area (Å²) in [5, 5.41) is 3.81. The van der Waals surface area contributed by atoms with E-state index in [9.17, 15) is 14.4 Å². The molecule has 2 heterocycles. The Bertz CT molecular complexity index is 725. The second kappa shape index (κ2) is 11.1. The van der Waals surface area contributed by atoms with Gasteiger partial charge in [0.15, 0.2) is 5.78 Å². The minimum absolute atomic E-state index is 0.0435. The molecular formula is C28H47N3O3. The Hall–Kier alpha value is -1.43. The van der Waals surface area contributed by atoms with Crippen molar-refractivity contribution in [3.05, 3.63) is 0 Å². The van der Waals surface area contributed by atoms with Gasteiger partial charge in [-0.1, -0.05) is 70.6 Å². The van der Waals surface area contributed by atoms with Crippen LogP contribution in [0.2, 0.25) is 0 Å². The number of piperidine rings is 1. The third-order valence-corrected chi connectivity index (χ3v) is 9.82. The number of amides is 3. The Balaban J connectivity index is 1.35. The number of Topliss-reactive ketones (excluding diaryl/α,β-unsaturated/α-hetero) is 1. The van der Waals surface area contributed by atoms with E-state index in [-0.39, 0.29) is 41.6 Å². The van der Waals surface area contributed by atoms with Crippen LogP contribution in [0.4, 0.5) is 4.79 Å². The summed E-state index contributed by atoms with van der Waals surface area (Å²) < 4.78 is 0. The maximum atomic E-state index is 13.5. The molecule has 0 radical (unpaired) electrons. The molecule has 2 saturated heterocycles. The van der Waals surface area contributed by atoms with Gasteiger partial charge in [-0.2, -0.15) is 0 Å². The average Bonchev–Trinajstić information content (AvgIpc) is 3.00. The van der Waals surface area contributed by atoms with Gasteiger partial charge < -0.3 is 10.2 Å². The Morgan fingerprint density at radius 2 is 1.41 bits per heavy atom. The quantitative estimate of drug-likeness (QED) is 0.552. The Labute approximate surface area is 206 Å². The number of carbonyl (C=O) groups is 3. The van der Waals surface area contributed by atoms with Gasteiger partial charge in [-0.15, -0.1) is 0 Å². The molecule has 0 aromatic rings. The molecule has 192 valence electrons. The number of hydrogen-bond acceptors (Lipinski definition) is 4. The number of imide groups is 1. The SMILES string of the molecule is CN1C(=O)N(CC(=O)C2CCC3(CCCCCCCCCC3)NC2)C(=O)C1(C)C1CCCCC1.